The molecule has 30 heavy (non-hydrogen) atoms. The first-order valence-electron chi connectivity index (χ1n) is 10.9. The largest absolute Gasteiger partial charge is 0.352 e. The second kappa shape index (κ2) is 9.31. The Balaban J connectivity index is 1.48. The molecule has 1 fully saturated rings. The van der Waals surface area contributed by atoms with Crippen LogP contribution in [-0.4, -0.2) is 35.0 Å². The van der Waals surface area contributed by atoms with Crippen LogP contribution in [-0.2, 0) is 17.9 Å². The number of hydrogen-bond donors (Lipinski definition) is 1. The predicted molar refractivity (Wildman–Crippen MR) is 123 cm³/mol. The van der Waals surface area contributed by atoms with Crippen molar-refractivity contribution in [3.05, 3.63) is 84.1 Å². The van der Waals surface area contributed by atoms with Gasteiger partial charge in [0.2, 0.25) is 5.91 Å². The molecule has 0 saturated carbocycles. The molecule has 0 atom stereocenters. The standard InChI is InChI=1S/C26H31N3O/c1-3-14-27-26(30)22-12-15-28(16-13-22)19-24-17-23-6-4-5-7-25(23)29(24)18-21-10-8-20(2)9-11-21/h3-11,17,22H,1,12-16,18-19H2,2H3,(H,27,30). The third-order valence-electron chi connectivity index (χ3n) is 6.12. The number of rotatable bonds is 7. The summed E-state index contributed by atoms with van der Waals surface area (Å²) in [6.45, 7) is 10.1. The fourth-order valence-corrected chi connectivity index (χ4v) is 4.36. The fourth-order valence-electron chi connectivity index (χ4n) is 4.36. The third-order valence-corrected chi connectivity index (χ3v) is 6.12. The molecule has 4 heteroatoms. The van der Waals surface area contributed by atoms with Crippen LogP contribution in [0.4, 0.5) is 0 Å². The van der Waals surface area contributed by atoms with Gasteiger partial charge in [-0.1, -0.05) is 54.1 Å². The summed E-state index contributed by atoms with van der Waals surface area (Å²) in [7, 11) is 0. The Labute approximate surface area is 179 Å². The van der Waals surface area contributed by atoms with Crippen LogP contribution in [0.15, 0.2) is 67.3 Å². The van der Waals surface area contributed by atoms with Gasteiger partial charge in [0.25, 0.3) is 0 Å². The number of amides is 1. The van der Waals surface area contributed by atoms with Crippen LogP contribution in [0.2, 0.25) is 0 Å². The van der Waals surface area contributed by atoms with E-state index in [2.05, 4.69) is 82.9 Å². The minimum Gasteiger partial charge on any atom is -0.352 e. The van der Waals surface area contributed by atoms with Crippen molar-refractivity contribution in [1.82, 2.24) is 14.8 Å². The van der Waals surface area contributed by atoms with Crippen LogP contribution in [0, 0.1) is 12.8 Å². The van der Waals surface area contributed by atoms with Crippen molar-refractivity contribution in [3.8, 4) is 0 Å². The molecule has 1 amide bonds. The Morgan fingerprint density at radius 2 is 1.83 bits per heavy atom. The molecule has 0 radical (unpaired) electrons. The van der Waals surface area contributed by atoms with Gasteiger partial charge in [0, 0.05) is 36.8 Å². The molecule has 4 rings (SSSR count). The van der Waals surface area contributed by atoms with Crippen molar-refractivity contribution in [2.75, 3.05) is 19.6 Å². The molecule has 0 bridgehead atoms. The van der Waals surface area contributed by atoms with Gasteiger partial charge < -0.3 is 9.88 Å². The number of nitrogens with zero attached hydrogens (tertiary/aromatic N) is 2. The second-order valence-electron chi connectivity index (χ2n) is 8.35. The van der Waals surface area contributed by atoms with Crippen molar-refractivity contribution in [2.45, 2.75) is 32.9 Å². The van der Waals surface area contributed by atoms with Gasteiger partial charge in [-0.25, -0.2) is 0 Å². The molecule has 1 saturated heterocycles. The summed E-state index contributed by atoms with van der Waals surface area (Å²) in [5.41, 5.74) is 5.23. The van der Waals surface area contributed by atoms with Gasteiger partial charge in [-0.05, 0) is 55.9 Å². The van der Waals surface area contributed by atoms with Crippen molar-refractivity contribution in [3.63, 3.8) is 0 Å². The molecule has 0 unspecified atom stereocenters. The lowest BCUT2D eigenvalue weighted by atomic mass is 9.96. The maximum Gasteiger partial charge on any atom is 0.223 e. The van der Waals surface area contributed by atoms with Crippen molar-refractivity contribution >= 4 is 16.8 Å². The SMILES string of the molecule is C=CCNC(=O)C1CCN(Cc2cc3ccccc3n2Cc2ccc(C)cc2)CC1. The Hall–Kier alpha value is -2.85. The molecule has 1 aromatic heterocycles. The van der Waals surface area contributed by atoms with E-state index in [0.29, 0.717) is 6.54 Å². The van der Waals surface area contributed by atoms with Crippen LogP contribution in [0.5, 0.6) is 0 Å². The zero-order valence-electron chi connectivity index (χ0n) is 17.8. The lowest BCUT2D eigenvalue weighted by molar-refractivity contribution is -0.126. The monoisotopic (exact) mass is 401 g/mol. The van der Waals surface area contributed by atoms with Gasteiger partial charge in [0.15, 0.2) is 0 Å². The molecule has 2 heterocycles. The quantitative estimate of drug-likeness (QED) is 0.592. The molecular formula is C26H31N3O. The van der Waals surface area contributed by atoms with E-state index in [9.17, 15) is 4.79 Å². The number of para-hydroxylation sites is 1. The number of hydrogen-bond acceptors (Lipinski definition) is 2. The van der Waals surface area contributed by atoms with E-state index < -0.39 is 0 Å². The lowest BCUT2D eigenvalue weighted by Crippen LogP contribution is -2.40. The Morgan fingerprint density at radius 1 is 1.10 bits per heavy atom. The molecule has 3 aromatic rings. The van der Waals surface area contributed by atoms with Crippen LogP contribution in [0.1, 0.15) is 29.7 Å². The maximum absolute atomic E-state index is 12.2. The van der Waals surface area contributed by atoms with Gasteiger partial charge in [0.1, 0.15) is 0 Å². The van der Waals surface area contributed by atoms with Crippen molar-refractivity contribution in [1.29, 1.82) is 0 Å². The van der Waals surface area contributed by atoms with Crippen LogP contribution in [0.3, 0.4) is 0 Å². The van der Waals surface area contributed by atoms with E-state index in [1.54, 1.807) is 6.08 Å². The van der Waals surface area contributed by atoms with Gasteiger partial charge in [-0.15, -0.1) is 6.58 Å². The lowest BCUT2D eigenvalue weighted by Gasteiger charge is -2.31. The van der Waals surface area contributed by atoms with Gasteiger partial charge in [-0.2, -0.15) is 0 Å². The van der Waals surface area contributed by atoms with Gasteiger partial charge >= 0.3 is 0 Å². The van der Waals surface area contributed by atoms with E-state index >= 15 is 0 Å². The number of benzene rings is 2. The highest BCUT2D eigenvalue weighted by atomic mass is 16.1. The Morgan fingerprint density at radius 3 is 2.57 bits per heavy atom. The van der Waals surface area contributed by atoms with Gasteiger partial charge in [0.05, 0.1) is 0 Å². The number of likely N-dealkylation sites (tertiary alicyclic amines) is 1. The average Bonchev–Trinajstić information content (AvgIpc) is 3.11. The summed E-state index contributed by atoms with van der Waals surface area (Å²) < 4.78 is 2.45. The maximum atomic E-state index is 12.2. The van der Waals surface area contributed by atoms with E-state index in [0.717, 1.165) is 39.0 Å². The summed E-state index contributed by atoms with van der Waals surface area (Å²) in [6, 6.07) is 19.8. The molecular weight excluding hydrogens is 370 g/mol. The Bertz CT molecular complexity index is 1010. The minimum atomic E-state index is 0.125. The minimum absolute atomic E-state index is 0.125. The second-order valence-corrected chi connectivity index (χ2v) is 8.35. The molecule has 1 aliphatic heterocycles. The van der Waals surface area contributed by atoms with E-state index in [1.165, 1.54) is 27.7 Å². The van der Waals surface area contributed by atoms with E-state index in [1.807, 2.05) is 0 Å². The molecule has 1 N–H and O–H groups in total. The fraction of sp³-hybridized carbons (Fsp3) is 0.346. The van der Waals surface area contributed by atoms with Gasteiger partial charge in [-0.3, -0.25) is 9.69 Å². The summed E-state index contributed by atoms with van der Waals surface area (Å²) in [5, 5.41) is 4.24. The topological polar surface area (TPSA) is 37.3 Å². The number of aromatic nitrogens is 1. The highest BCUT2D eigenvalue weighted by molar-refractivity contribution is 5.81. The molecule has 156 valence electrons. The first kappa shape index (κ1) is 20.4. The number of aryl methyl sites for hydroxylation is 1. The third kappa shape index (κ3) is 4.65. The highest BCUT2D eigenvalue weighted by Gasteiger charge is 2.25. The number of fused-ring (bicyclic) bond motifs is 1. The van der Waals surface area contributed by atoms with Crippen LogP contribution >= 0.6 is 0 Å². The van der Waals surface area contributed by atoms with Crippen molar-refractivity contribution < 1.29 is 4.79 Å². The first-order chi connectivity index (χ1) is 14.6. The first-order valence-corrected chi connectivity index (χ1v) is 10.9. The molecule has 1 aliphatic rings. The van der Waals surface area contributed by atoms with E-state index in [4.69, 9.17) is 0 Å². The zero-order chi connectivity index (χ0) is 20.9. The summed E-state index contributed by atoms with van der Waals surface area (Å²) in [5.74, 6) is 0.294. The Kier molecular flexibility index (Phi) is 6.34. The number of carbonyl (C=O) groups is 1. The highest BCUT2D eigenvalue weighted by Crippen LogP contribution is 2.25. The summed E-state index contributed by atoms with van der Waals surface area (Å²) in [4.78, 5) is 14.7. The molecule has 0 aliphatic carbocycles. The zero-order valence-corrected chi connectivity index (χ0v) is 17.8. The smallest absolute Gasteiger partial charge is 0.223 e. The normalized spacial score (nSPS) is 15.4. The number of carbonyl (C=O) groups excluding carboxylic acids is 1. The predicted octanol–water partition coefficient (Wildman–Crippen LogP) is 4.51. The van der Waals surface area contributed by atoms with Crippen LogP contribution < -0.4 is 5.32 Å². The molecule has 2 aromatic carbocycles. The van der Waals surface area contributed by atoms with E-state index in [-0.39, 0.29) is 11.8 Å². The number of piperidine rings is 1. The van der Waals surface area contributed by atoms with Crippen molar-refractivity contribution in [2.24, 2.45) is 5.92 Å². The average molecular weight is 402 g/mol. The molecule has 4 nitrogen and oxygen atoms in total. The summed E-state index contributed by atoms with van der Waals surface area (Å²) >= 11 is 0. The summed E-state index contributed by atoms with van der Waals surface area (Å²) in [6.07, 6.45) is 3.57. The molecule has 0 spiro atoms. The number of nitrogens with one attached hydrogen (secondary N) is 1. The van der Waals surface area contributed by atoms with Crippen LogP contribution in [0.25, 0.3) is 10.9 Å².